The minimum Gasteiger partial charge on any atom is -0.467 e. The van der Waals surface area contributed by atoms with Gasteiger partial charge in [0, 0.05) is 13.0 Å². The van der Waals surface area contributed by atoms with E-state index in [9.17, 15) is 19.7 Å². The van der Waals surface area contributed by atoms with Crippen molar-refractivity contribution in [2.75, 3.05) is 13.7 Å². The van der Waals surface area contributed by atoms with Gasteiger partial charge in [-0.05, 0) is 18.4 Å². The second-order valence-corrected chi connectivity index (χ2v) is 5.66. The largest absolute Gasteiger partial charge is 0.467 e. The Balaban J connectivity index is 2.78. The first-order valence-electron chi connectivity index (χ1n) is 8.21. The number of guanidine groups is 1. The van der Waals surface area contributed by atoms with Gasteiger partial charge in [-0.1, -0.05) is 30.3 Å². The summed E-state index contributed by atoms with van der Waals surface area (Å²) in [4.78, 5) is 39.0. The van der Waals surface area contributed by atoms with E-state index in [4.69, 9.17) is 16.2 Å². The van der Waals surface area contributed by atoms with Crippen molar-refractivity contribution in [1.29, 1.82) is 0 Å². The number of nitrogens with zero attached hydrogens (tertiary/aromatic N) is 2. The van der Waals surface area contributed by atoms with Crippen LogP contribution in [-0.4, -0.2) is 48.6 Å². The van der Waals surface area contributed by atoms with Crippen molar-refractivity contribution >= 4 is 17.8 Å². The van der Waals surface area contributed by atoms with Gasteiger partial charge in [0.25, 0.3) is 0 Å². The van der Waals surface area contributed by atoms with Gasteiger partial charge in [0.05, 0.1) is 7.11 Å². The Bertz CT molecular complexity index is 663. The van der Waals surface area contributed by atoms with Crippen molar-refractivity contribution in [3.63, 3.8) is 0 Å². The van der Waals surface area contributed by atoms with Crippen molar-refractivity contribution in [2.24, 2.45) is 16.5 Å². The molecule has 1 rings (SSSR count). The highest BCUT2D eigenvalue weighted by molar-refractivity contribution is 5.87. The maximum absolute atomic E-state index is 12.5. The lowest BCUT2D eigenvalue weighted by molar-refractivity contribution is -0.548. The zero-order valence-electron chi connectivity index (χ0n) is 15.0. The Kier molecular flexibility index (Phi) is 9.06. The Morgan fingerprint density at radius 1 is 1.26 bits per heavy atom. The third-order valence-electron chi connectivity index (χ3n) is 3.61. The number of rotatable bonds is 11. The van der Waals surface area contributed by atoms with Crippen LogP contribution in [0.15, 0.2) is 35.3 Å². The molecule has 11 nitrogen and oxygen atoms in total. The molecule has 27 heavy (non-hydrogen) atoms. The van der Waals surface area contributed by atoms with Crippen LogP contribution in [0, 0.1) is 10.1 Å². The first-order valence-corrected chi connectivity index (χ1v) is 8.21. The van der Waals surface area contributed by atoms with E-state index >= 15 is 0 Å². The van der Waals surface area contributed by atoms with Crippen molar-refractivity contribution < 1.29 is 19.4 Å². The van der Waals surface area contributed by atoms with E-state index < -0.39 is 29.0 Å². The molecule has 0 bridgehead atoms. The van der Waals surface area contributed by atoms with E-state index in [1.165, 1.54) is 7.11 Å². The highest BCUT2D eigenvalue weighted by Crippen LogP contribution is 2.06. The van der Waals surface area contributed by atoms with E-state index in [-0.39, 0.29) is 25.3 Å². The molecule has 1 aromatic rings. The predicted octanol–water partition coefficient (Wildman–Crippen LogP) is -0.910. The normalized spacial score (nSPS) is 12.3. The molecule has 11 heteroatoms. The van der Waals surface area contributed by atoms with Gasteiger partial charge in [-0.2, -0.15) is 0 Å². The van der Waals surface area contributed by atoms with Gasteiger partial charge in [0.15, 0.2) is 17.0 Å². The van der Waals surface area contributed by atoms with E-state index in [0.717, 1.165) is 5.56 Å². The molecule has 0 aliphatic carbocycles. The number of nitro groups is 1. The molecule has 1 amide bonds. The first-order chi connectivity index (χ1) is 12.8. The second kappa shape index (κ2) is 11.3. The summed E-state index contributed by atoms with van der Waals surface area (Å²) in [5.41, 5.74) is 13.2. The quantitative estimate of drug-likeness (QED) is 0.0952. The van der Waals surface area contributed by atoms with Gasteiger partial charge >= 0.3 is 5.97 Å². The average Bonchev–Trinajstić information content (AvgIpc) is 2.63. The molecule has 0 aromatic heterocycles. The third kappa shape index (κ3) is 8.52. The molecule has 0 heterocycles. The third-order valence-corrected chi connectivity index (χ3v) is 3.61. The van der Waals surface area contributed by atoms with E-state index in [0.29, 0.717) is 6.42 Å². The number of amides is 1. The molecule has 2 atom stereocenters. The van der Waals surface area contributed by atoms with Crippen LogP contribution in [0.5, 0.6) is 0 Å². The molecule has 0 fully saturated rings. The summed E-state index contributed by atoms with van der Waals surface area (Å²) in [6.07, 6.45) is 0.625. The number of nitrogens with two attached hydrogens (primary N) is 2. The summed E-state index contributed by atoms with van der Waals surface area (Å²) in [5.74, 6) is -1.44. The fraction of sp³-hybridized carbons (Fsp3) is 0.438. The van der Waals surface area contributed by atoms with Gasteiger partial charge in [-0.3, -0.25) is 9.79 Å². The highest BCUT2D eigenvalue weighted by atomic mass is 16.7. The number of ether oxygens (including phenoxy) is 1. The van der Waals surface area contributed by atoms with E-state index in [2.05, 4.69) is 10.3 Å². The predicted molar refractivity (Wildman–Crippen MR) is 97.9 cm³/mol. The lowest BCUT2D eigenvalue weighted by Gasteiger charge is -2.20. The van der Waals surface area contributed by atoms with Gasteiger partial charge in [0.2, 0.25) is 5.91 Å². The topological polar surface area (TPSA) is 175 Å². The highest BCUT2D eigenvalue weighted by Gasteiger charge is 2.28. The average molecular weight is 380 g/mol. The zero-order valence-corrected chi connectivity index (χ0v) is 15.0. The minimum absolute atomic E-state index is 0.100. The van der Waals surface area contributed by atoms with Crippen LogP contribution in [0.4, 0.5) is 0 Å². The molecule has 0 radical (unpaired) electrons. The molecule has 0 spiro atoms. The Hall–Kier alpha value is -3.37. The van der Waals surface area contributed by atoms with Crippen molar-refractivity contribution in [3.05, 3.63) is 46.0 Å². The molecule has 1 aromatic carbocycles. The zero-order chi connectivity index (χ0) is 20.2. The molecule has 0 unspecified atom stereocenters. The monoisotopic (exact) mass is 380 g/mol. The Morgan fingerprint density at radius 3 is 2.48 bits per heavy atom. The number of hydrogen-bond acceptors (Lipinski definition) is 6. The molecule has 0 saturated heterocycles. The first kappa shape index (κ1) is 21.7. The fourth-order valence-electron chi connectivity index (χ4n) is 2.34. The van der Waals surface area contributed by atoms with Crippen LogP contribution < -0.4 is 22.2 Å². The number of hydrazine groups is 1. The number of hydrogen-bond donors (Lipinski definition) is 4. The number of methoxy groups -OCH3 is 1. The van der Waals surface area contributed by atoms with E-state index in [1.807, 2.05) is 11.5 Å². The maximum Gasteiger partial charge on any atom is 0.328 e. The summed E-state index contributed by atoms with van der Waals surface area (Å²) in [5, 5.41) is 12.5. The molecule has 0 aliphatic heterocycles. The lowest BCUT2D eigenvalue weighted by atomic mass is 10.0. The molecule has 0 saturated carbocycles. The molecular formula is C16H24N6O5. The molecule has 148 valence electrons. The second-order valence-electron chi connectivity index (χ2n) is 5.66. The van der Waals surface area contributed by atoms with Gasteiger partial charge < -0.3 is 21.5 Å². The number of benzene rings is 1. The number of carbonyl (C=O) groups is 2. The van der Waals surface area contributed by atoms with Crippen LogP contribution >= 0.6 is 0 Å². The summed E-state index contributed by atoms with van der Waals surface area (Å²) < 4.78 is 4.72. The Morgan fingerprint density at radius 2 is 1.93 bits per heavy atom. The Labute approximate surface area is 156 Å². The molecule has 0 aliphatic rings. The lowest BCUT2D eigenvalue weighted by Crippen LogP contribution is -2.52. The van der Waals surface area contributed by atoms with Crippen LogP contribution in [-0.2, 0) is 20.7 Å². The van der Waals surface area contributed by atoms with Crippen molar-refractivity contribution in [2.45, 2.75) is 31.3 Å². The van der Waals surface area contributed by atoms with Crippen LogP contribution in [0.2, 0.25) is 0 Å². The minimum atomic E-state index is -1.16. The SMILES string of the molecule is COC(=O)[C@H](Cc1ccccc1)NC(=O)[C@H](CCCN=C(N)N)N[N+](=O)[O-]. The summed E-state index contributed by atoms with van der Waals surface area (Å²) in [6.45, 7) is 0.218. The number of esters is 1. The maximum atomic E-state index is 12.5. The molecule has 6 N–H and O–H groups in total. The van der Waals surface area contributed by atoms with Crippen molar-refractivity contribution in [3.8, 4) is 0 Å². The van der Waals surface area contributed by atoms with Gasteiger partial charge in [-0.15, -0.1) is 5.43 Å². The van der Waals surface area contributed by atoms with Crippen LogP contribution in [0.25, 0.3) is 0 Å². The number of aliphatic imine (C=N–C) groups is 1. The summed E-state index contributed by atoms with van der Waals surface area (Å²) >= 11 is 0. The van der Waals surface area contributed by atoms with Crippen molar-refractivity contribution in [1.82, 2.24) is 10.7 Å². The van der Waals surface area contributed by atoms with Gasteiger partial charge in [0.1, 0.15) is 6.04 Å². The summed E-state index contributed by atoms with van der Waals surface area (Å²) in [6, 6.07) is 6.88. The standard InChI is InChI=1S/C16H24N6O5/c1-27-15(24)13(10-11-6-3-2-4-7-11)20-14(23)12(21-22(25)26)8-5-9-19-16(17)18/h2-4,6-7,12-13,21H,5,8-10H2,1H3,(H,20,23)(H4,17,18,19)/t12-,13-/m0/s1. The molecular weight excluding hydrogens is 356 g/mol. The van der Waals surface area contributed by atoms with E-state index in [1.54, 1.807) is 24.3 Å². The number of nitrogens with one attached hydrogen (secondary N) is 2. The smallest absolute Gasteiger partial charge is 0.328 e. The van der Waals surface area contributed by atoms with Gasteiger partial charge in [-0.25, -0.2) is 14.9 Å². The number of carbonyl (C=O) groups excluding carboxylic acids is 2. The van der Waals surface area contributed by atoms with Crippen LogP contribution in [0.3, 0.4) is 0 Å². The van der Waals surface area contributed by atoms with Crippen LogP contribution in [0.1, 0.15) is 18.4 Å². The fourth-order valence-corrected chi connectivity index (χ4v) is 2.34. The summed E-state index contributed by atoms with van der Waals surface area (Å²) in [7, 11) is 1.20.